The van der Waals surface area contributed by atoms with Crippen LogP contribution in [0.2, 0.25) is 15.1 Å². The molecule has 1 N–H and O–H groups in total. The van der Waals surface area contributed by atoms with Gasteiger partial charge in [0.05, 0.1) is 20.6 Å². The molecule has 0 unspecified atom stereocenters. The van der Waals surface area contributed by atoms with Crippen molar-refractivity contribution in [2.75, 3.05) is 17.4 Å². The summed E-state index contributed by atoms with van der Waals surface area (Å²) in [5.74, 6) is -0.907. The van der Waals surface area contributed by atoms with Gasteiger partial charge in [0.1, 0.15) is 12.6 Å². The predicted molar refractivity (Wildman–Crippen MR) is 166 cm³/mol. The van der Waals surface area contributed by atoms with E-state index in [4.69, 9.17) is 34.8 Å². The first-order valence-electron chi connectivity index (χ1n) is 13.2. The van der Waals surface area contributed by atoms with Gasteiger partial charge >= 0.3 is 0 Å². The first-order valence-corrected chi connectivity index (χ1v) is 15.8. The molecule has 0 radical (unpaired) electrons. The number of halogens is 3. The maximum atomic E-state index is 14.0. The van der Waals surface area contributed by atoms with Gasteiger partial charge in [-0.2, -0.15) is 0 Å². The average Bonchev–Trinajstić information content (AvgIpc) is 2.93. The number of rotatable bonds is 12. The Kier molecular flexibility index (Phi) is 11.5. The van der Waals surface area contributed by atoms with Gasteiger partial charge in [0.15, 0.2) is 0 Å². The van der Waals surface area contributed by atoms with Crippen molar-refractivity contribution < 1.29 is 18.0 Å². The molecule has 0 fully saturated rings. The van der Waals surface area contributed by atoms with Gasteiger partial charge in [0.25, 0.3) is 10.0 Å². The number of hydrogen-bond donors (Lipinski definition) is 1. The van der Waals surface area contributed by atoms with Gasteiger partial charge in [-0.1, -0.05) is 60.3 Å². The van der Waals surface area contributed by atoms with E-state index in [1.165, 1.54) is 29.2 Å². The van der Waals surface area contributed by atoms with Crippen LogP contribution in [-0.4, -0.2) is 44.3 Å². The Labute approximate surface area is 257 Å². The fraction of sp³-hybridized carbons (Fsp3) is 0.333. The fourth-order valence-electron chi connectivity index (χ4n) is 4.10. The predicted octanol–water partition coefficient (Wildman–Crippen LogP) is 6.79. The molecule has 0 spiro atoms. The maximum absolute atomic E-state index is 14.0. The van der Waals surface area contributed by atoms with E-state index in [9.17, 15) is 18.0 Å². The van der Waals surface area contributed by atoms with Gasteiger partial charge in [-0.05, 0) is 92.4 Å². The molecule has 41 heavy (non-hydrogen) atoms. The van der Waals surface area contributed by atoms with Gasteiger partial charge in [-0.25, -0.2) is 8.42 Å². The molecule has 11 heteroatoms. The second kappa shape index (κ2) is 14.4. The summed E-state index contributed by atoms with van der Waals surface area (Å²) in [6.07, 6.45) is 1.69. The Hall–Kier alpha value is -2.78. The number of hydrogen-bond acceptors (Lipinski definition) is 4. The lowest BCUT2D eigenvalue weighted by atomic mass is 10.1. The van der Waals surface area contributed by atoms with Crippen LogP contribution in [0.25, 0.3) is 0 Å². The molecule has 3 rings (SSSR count). The molecule has 0 heterocycles. The van der Waals surface area contributed by atoms with Crippen molar-refractivity contribution >= 4 is 62.3 Å². The number of carbonyl (C=O) groups excluding carboxylic acids is 2. The Bertz CT molecular complexity index is 1500. The van der Waals surface area contributed by atoms with Gasteiger partial charge < -0.3 is 10.2 Å². The molecule has 0 bridgehead atoms. The highest BCUT2D eigenvalue weighted by Gasteiger charge is 2.32. The van der Waals surface area contributed by atoms with Crippen LogP contribution < -0.4 is 9.62 Å². The summed E-state index contributed by atoms with van der Waals surface area (Å²) in [5, 5.41) is 3.90. The van der Waals surface area contributed by atoms with E-state index in [1.807, 2.05) is 20.8 Å². The highest BCUT2D eigenvalue weighted by molar-refractivity contribution is 7.92. The third-order valence-corrected chi connectivity index (χ3v) is 9.57. The molecule has 3 aromatic carbocycles. The van der Waals surface area contributed by atoms with Crippen LogP contribution in [0.1, 0.15) is 43.4 Å². The summed E-state index contributed by atoms with van der Waals surface area (Å²) >= 11 is 18.3. The monoisotopic (exact) mass is 637 g/mol. The van der Waals surface area contributed by atoms with Crippen molar-refractivity contribution in [1.82, 2.24) is 10.2 Å². The second-order valence-electron chi connectivity index (χ2n) is 9.82. The van der Waals surface area contributed by atoms with E-state index < -0.39 is 28.5 Å². The van der Waals surface area contributed by atoms with Crippen molar-refractivity contribution in [3.05, 3.63) is 92.4 Å². The minimum absolute atomic E-state index is 0.0137. The standard InChI is InChI=1S/C30H34Cl3N3O4S/c1-5-6-15-34-30(38)22(4)35(18-23-8-14-27(32)28(33)17-23)29(37)19-36(25-11-7-20(2)21(3)16-25)41(39,40)26-12-9-24(31)10-13-26/h7-14,16-17,22H,5-6,15,18-19H2,1-4H3,(H,34,38)/t22-/m0/s1. The average molecular weight is 639 g/mol. The minimum Gasteiger partial charge on any atom is -0.354 e. The van der Waals surface area contributed by atoms with E-state index in [1.54, 1.807) is 43.3 Å². The van der Waals surface area contributed by atoms with E-state index in [-0.39, 0.29) is 17.3 Å². The Balaban J connectivity index is 2.04. The highest BCUT2D eigenvalue weighted by Crippen LogP contribution is 2.28. The van der Waals surface area contributed by atoms with Crippen LogP contribution in [0.5, 0.6) is 0 Å². The lowest BCUT2D eigenvalue weighted by Crippen LogP contribution is -2.51. The van der Waals surface area contributed by atoms with E-state index in [0.717, 1.165) is 28.3 Å². The van der Waals surface area contributed by atoms with Gasteiger partial charge in [0, 0.05) is 18.1 Å². The SMILES string of the molecule is CCCCNC(=O)[C@H](C)N(Cc1ccc(Cl)c(Cl)c1)C(=O)CN(c1ccc(C)c(C)c1)S(=O)(=O)c1ccc(Cl)cc1. The van der Waals surface area contributed by atoms with E-state index >= 15 is 0 Å². The molecular weight excluding hydrogens is 605 g/mol. The second-order valence-corrected chi connectivity index (χ2v) is 12.9. The zero-order chi connectivity index (χ0) is 30.3. The van der Waals surface area contributed by atoms with Crippen molar-refractivity contribution in [2.45, 2.75) is 58.0 Å². The number of unbranched alkanes of at least 4 members (excludes halogenated alkanes) is 1. The molecule has 3 aromatic rings. The van der Waals surface area contributed by atoms with Gasteiger partial charge in [0.2, 0.25) is 11.8 Å². The number of anilines is 1. The summed E-state index contributed by atoms with van der Waals surface area (Å²) in [5.41, 5.74) is 2.80. The number of nitrogens with zero attached hydrogens (tertiary/aromatic N) is 2. The third-order valence-electron chi connectivity index (χ3n) is 6.79. The summed E-state index contributed by atoms with van der Waals surface area (Å²) in [4.78, 5) is 28.4. The van der Waals surface area contributed by atoms with Crippen LogP contribution in [0.15, 0.2) is 65.6 Å². The smallest absolute Gasteiger partial charge is 0.264 e. The topological polar surface area (TPSA) is 86.8 Å². The van der Waals surface area contributed by atoms with Crippen molar-refractivity contribution in [3.63, 3.8) is 0 Å². The molecule has 0 aliphatic carbocycles. The van der Waals surface area contributed by atoms with Crippen molar-refractivity contribution in [3.8, 4) is 0 Å². The number of aryl methyl sites for hydroxylation is 2. The zero-order valence-corrected chi connectivity index (χ0v) is 26.5. The minimum atomic E-state index is -4.19. The largest absolute Gasteiger partial charge is 0.354 e. The Morgan fingerprint density at radius 3 is 2.20 bits per heavy atom. The summed E-state index contributed by atoms with van der Waals surface area (Å²) < 4.78 is 28.9. The van der Waals surface area contributed by atoms with Crippen LogP contribution in [0.3, 0.4) is 0 Å². The Morgan fingerprint density at radius 2 is 1.59 bits per heavy atom. The molecule has 1 atom stereocenters. The molecule has 220 valence electrons. The number of sulfonamides is 1. The van der Waals surface area contributed by atoms with Crippen molar-refractivity contribution in [2.24, 2.45) is 0 Å². The first kappa shape index (κ1) is 32.7. The summed E-state index contributed by atoms with van der Waals surface area (Å²) in [6.45, 7) is 7.35. The number of carbonyl (C=O) groups is 2. The number of nitrogens with one attached hydrogen (secondary N) is 1. The maximum Gasteiger partial charge on any atom is 0.264 e. The molecule has 0 aromatic heterocycles. The summed E-state index contributed by atoms with van der Waals surface area (Å²) in [6, 6.07) is 15.0. The quantitative estimate of drug-likeness (QED) is 0.221. The van der Waals surface area contributed by atoms with Crippen LogP contribution in [0.4, 0.5) is 5.69 Å². The Morgan fingerprint density at radius 1 is 0.902 bits per heavy atom. The molecule has 0 aliphatic heterocycles. The number of benzene rings is 3. The van der Waals surface area contributed by atoms with Gasteiger partial charge in [-0.15, -0.1) is 0 Å². The zero-order valence-electron chi connectivity index (χ0n) is 23.5. The normalized spacial score (nSPS) is 12.1. The lowest BCUT2D eigenvalue weighted by Gasteiger charge is -2.32. The summed E-state index contributed by atoms with van der Waals surface area (Å²) in [7, 11) is -4.19. The lowest BCUT2D eigenvalue weighted by molar-refractivity contribution is -0.139. The first-order chi connectivity index (χ1) is 19.3. The molecule has 7 nitrogen and oxygen atoms in total. The fourth-order valence-corrected chi connectivity index (χ4v) is 5.95. The number of amides is 2. The molecule has 2 amide bonds. The highest BCUT2D eigenvalue weighted by atomic mass is 35.5. The van der Waals surface area contributed by atoms with Gasteiger partial charge in [-0.3, -0.25) is 13.9 Å². The molecule has 0 saturated carbocycles. The van der Waals surface area contributed by atoms with Crippen LogP contribution >= 0.6 is 34.8 Å². The van der Waals surface area contributed by atoms with E-state index in [2.05, 4.69) is 5.32 Å². The van der Waals surface area contributed by atoms with E-state index in [0.29, 0.717) is 32.9 Å². The van der Waals surface area contributed by atoms with Crippen LogP contribution in [-0.2, 0) is 26.2 Å². The third kappa shape index (κ3) is 8.38. The molecular formula is C30H34Cl3N3O4S. The molecule has 0 saturated heterocycles. The van der Waals surface area contributed by atoms with Crippen LogP contribution in [0, 0.1) is 13.8 Å². The molecule has 0 aliphatic rings. The van der Waals surface area contributed by atoms with Crippen molar-refractivity contribution in [1.29, 1.82) is 0 Å².